The summed E-state index contributed by atoms with van der Waals surface area (Å²) in [5.41, 5.74) is 1.38. The lowest BCUT2D eigenvalue weighted by molar-refractivity contribution is 0.360. The van der Waals surface area contributed by atoms with Crippen molar-refractivity contribution in [2.75, 3.05) is 39.0 Å². The SMILES string of the molecule is CN(CCSC1CCNCC1)CCc1ccncc1. The van der Waals surface area contributed by atoms with Gasteiger partial charge >= 0.3 is 0 Å². The van der Waals surface area contributed by atoms with E-state index in [1.165, 1.54) is 43.8 Å². The number of hydrogen-bond acceptors (Lipinski definition) is 4. The van der Waals surface area contributed by atoms with Crippen LogP contribution in [-0.4, -0.2) is 54.1 Å². The average Bonchev–Trinajstić information content (AvgIpc) is 2.47. The molecule has 3 nitrogen and oxygen atoms in total. The van der Waals surface area contributed by atoms with Crippen molar-refractivity contribution in [1.82, 2.24) is 15.2 Å². The molecule has 0 amide bonds. The second-order valence-corrected chi connectivity index (χ2v) is 6.64. The molecule has 0 aromatic carbocycles. The zero-order chi connectivity index (χ0) is 13.3. The summed E-state index contributed by atoms with van der Waals surface area (Å²) < 4.78 is 0. The normalized spacial score (nSPS) is 16.9. The molecule has 2 rings (SSSR count). The Balaban J connectivity index is 1.55. The van der Waals surface area contributed by atoms with E-state index in [-0.39, 0.29) is 0 Å². The summed E-state index contributed by atoms with van der Waals surface area (Å²) in [5, 5.41) is 4.31. The molecule has 4 heteroatoms. The van der Waals surface area contributed by atoms with E-state index in [0.29, 0.717) is 0 Å². The molecule has 0 bridgehead atoms. The highest BCUT2D eigenvalue weighted by atomic mass is 32.2. The molecule has 1 N–H and O–H groups in total. The van der Waals surface area contributed by atoms with Crippen LogP contribution in [0.4, 0.5) is 0 Å². The molecule has 0 aliphatic carbocycles. The highest BCUT2D eigenvalue weighted by molar-refractivity contribution is 7.99. The maximum Gasteiger partial charge on any atom is 0.0270 e. The van der Waals surface area contributed by atoms with Gasteiger partial charge in [-0.1, -0.05) is 0 Å². The molecule has 1 fully saturated rings. The van der Waals surface area contributed by atoms with Gasteiger partial charge in [-0.3, -0.25) is 4.98 Å². The lowest BCUT2D eigenvalue weighted by Gasteiger charge is -2.23. The summed E-state index contributed by atoms with van der Waals surface area (Å²) in [6.07, 6.45) is 7.55. The van der Waals surface area contributed by atoms with Crippen molar-refractivity contribution in [3.8, 4) is 0 Å². The highest BCUT2D eigenvalue weighted by Gasteiger charge is 2.12. The van der Waals surface area contributed by atoms with Crippen LogP contribution in [0.1, 0.15) is 18.4 Å². The van der Waals surface area contributed by atoms with Crippen molar-refractivity contribution in [1.29, 1.82) is 0 Å². The molecule has 0 saturated carbocycles. The molecule has 0 atom stereocenters. The van der Waals surface area contributed by atoms with Crippen molar-refractivity contribution < 1.29 is 0 Å². The Labute approximate surface area is 121 Å². The van der Waals surface area contributed by atoms with Gasteiger partial charge in [-0.2, -0.15) is 11.8 Å². The minimum atomic E-state index is 0.884. The lowest BCUT2D eigenvalue weighted by Crippen LogP contribution is -2.30. The summed E-state index contributed by atoms with van der Waals surface area (Å²) in [4.78, 5) is 6.49. The Kier molecular flexibility index (Phi) is 6.68. The Hall–Kier alpha value is -0.580. The number of likely N-dealkylation sites (N-methyl/N-ethyl adjacent to an activating group) is 1. The molecule has 1 aliphatic rings. The number of thioether (sulfide) groups is 1. The first-order chi connectivity index (χ1) is 9.34. The van der Waals surface area contributed by atoms with Gasteiger partial charge in [0.05, 0.1) is 0 Å². The van der Waals surface area contributed by atoms with Gasteiger partial charge in [0.2, 0.25) is 0 Å². The Bertz CT molecular complexity index is 339. The third-order valence-corrected chi connectivity index (χ3v) is 5.01. The Morgan fingerprint density at radius 1 is 1.26 bits per heavy atom. The Morgan fingerprint density at radius 3 is 2.74 bits per heavy atom. The maximum atomic E-state index is 4.05. The molecule has 1 aromatic rings. The van der Waals surface area contributed by atoms with Crippen molar-refractivity contribution >= 4 is 11.8 Å². The number of nitrogens with one attached hydrogen (secondary N) is 1. The summed E-state index contributed by atoms with van der Waals surface area (Å²) in [7, 11) is 2.23. The van der Waals surface area contributed by atoms with E-state index in [9.17, 15) is 0 Å². The maximum absolute atomic E-state index is 4.05. The molecule has 1 aliphatic heterocycles. The van der Waals surface area contributed by atoms with Crippen molar-refractivity contribution in [2.24, 2.45) is 0 Å². The zero-order valence-corrected chi connectivity index (χ0v) is 12.7. The predicted octanol–water partition coefficient (Wildman–Crippen LogP) is 2.04. The average molecular weight is 279 g/mol. The molecular weight excluding hydrogens is 254 g/mol. The van der Waals surface area contributed by atoms with Gasteiger partial charge in [-0.25, -0.2) is 0 Å². The number of pyridine rings is 1. The molecule has 0 radical (unpaired) electrons. The summed E-state index contributed by atoms with van der Waals surface area (Å²) in [6.45, 7) is 4.74. The predicted molar refractivity (Wildman–Crippen MR) is 83.8 cm³/mol. The van der Waals surface area contributed by atoms with E-state index in [2.05, 4.69) is 46.1 Å². The smallest absolute Gasteiger partial charge is 0.0270 e. The van der Waals surface area contributed by atoms with Crippen LogP contribution in [-0.2, 0) is 6.42 Å². The highest BCUT2D eigenvalue weighted by Crippen LogP contribution is 2.19. The summed E-state index contributed by atoms with van der Waals surface area (Å²) in [6, 6.07) is 4.22. The first-order valence-corrected chi connectivity index (χ1v) is 8.29. The molecule has 19 heavy (non-hydrogen) atoms. The largest absolute Gasteiger partial charge is 0.317 e. The van der Waals surface area contributed by atoms with Crippen molar-refractivity contribution in [3.63, 3.8) is 0 Å². The van der Waals surface area contributed by atoms with E-state index in [0.717, 1.165) is 18.2 Å². The van der Waals surface area contributed by atoms with Crippen LogP contribution in [0.2, 0.25) is 0 Å². The topological polar surface area (TPSA) is 28.2 Å². The van der Waals surface area contributed by atoms with Gasteiger partial charge in [0.1, 0.15) is 0 Å². The molecule has 2 heterocycles. The quantitative estimate of drug-likeness (QED) is 0.827. The molecule has 1 saturated heterocycles. The van der Waals surface area contributed by atoms with Crippen molar-refractivity contribution in [2.45, 2.75) is 24.5 Å². The number of nitrogens with zero attached hydrogens (tertiary/aromatic N) is 2. The minimum Gasteiger partial charge on any atom is -0.317 e. The van der Waals surface area contributed by atoms with Crippen LogP contribution in [0.5, 0.6) is 0 Å². The minimum absolute atomic E-state index is 0.884. The van der Waals surface area contributed by atoms with Crippen molar-refractivity contribution in [3.05, 3.63) is 30.1 Å². The number of piperidine rings is 1. The molecule has 1 aromatic heterocycles. The fourth-order valence-electron chi connectivity index (χ4n) is 2.32. The van der Waals surface area contributed by atoms with Crippen LogP contribution in [0.15, 0.2) is 24.5 Å². The van der Waals surface area contributed by atoms with E-state index in [4.69, 9.17) is 0 Å². The van der Waals surface area contributed by atoms with E-state index >= 15 is 0 Å². The first kappa shape index (κ1) is 14.8. The lowest BCUT2D eigenvalue weighted by atomic mass is 10.2. The second-order valence-electron chi connectivity index (χ2n) is 5.23. The van der Waals surface area contributed by atoms with Gasteiger partial charge in [0.15, 0.2) is 0 Å². The van der Waals surface area contributed by atoms with Gasteiger partial charge in [-0.15, -0.1) is 0 Å². The van der Waals surface area contributed by atoms with E-state index < -0.39 is 0 Å². The summed E-state index contributed by atoms with van der Waals surface area (Å²) in [5.74, 6) is 1.26. The standard InChI is InChI=1S/C15H25N3S/c1-18(11-6-14-2-7-16-8-3-14)12-13-19-15-4-9-17-10-5-15/h2-3,7-8,15,17H,4-6,9-13H2,1H3. The van der Waals surface area contributed by atoms with Gasteiger partial charge in [0.25, 0.3) is 0 Å². The Morgan fingerprint density at radius 2 is 2.00 bits per heavy atom. The second kappa shape index (κ2) is 8.56. The van der Waals surface area contributed by atoms with E-state index in [1.54, 1.807) is 0 Å². The van der Waals surface area contributed by atoms with Crippen LogP contribution in [0, 0.1) is 0 Å². The van der Waals surface area contributed by atoms with Crippen LogP contribution < -0.4 is 5.32 Å². The fourth-order valence-corrected chi connectivity index (χ4v) is 3.64. The zero-order valence-electron chi connectivity index (χ0n) is 11.8. The first-order valence-electron chi connectivity index (χ1n) is 7.24. The number of hydrogen-bond donors (Lipinski definition) is 1. The van der Waals surface area contributed by atoms with Crippen LogP contribution in [0.3, 0.4) is 0 Å². The van der Waals surface area contributed by atoms with Gasteiger partial charge in [0, 0.05) is 36.5 Å². The summed E-state index contributed by atoms with van der Waals surface area (Å²) >= 11 is 2.16. The molecule has 106 valence electrons. The third kappa shape index (κ3) is 5.93. The van der Waals surface area contributed by atoms with E-state index in [1.807, 2.05) is 12.4 Å². The third-order valence-electron chi connectivity index (χ3n) is 3.64. The van der Waals surface area contributed by atoms with Gasteiger partial charge in [-0.05, 0) is 57.1 Å². The molecule has 0 unspecified atom stereocenters. The number of aromatic nitrogens is 1. The number of rotatable bonds is 7. The van der Waals surface area contributed by atoms with Gasteiger partial charge < -0.3 is 10.2 Å². The molecular formula is C15H25N3S. The van der Waals surface area contributed by atoms with Crippen LogP contribution in [0.25, 0.3) is 0 Å². The fraction of sp³-hybridized carbons (Fsp3) is 0.667. The molecule has 0 spiro atoms. The van der Waals surface area contributed by atoms with Crippen LogP contribution >= 0.6 is 11.8 Å². The monoisotopic (exact) mass is 279 g/mol.